The predicted octanol–water partition coefficient (Wildman–Crippen LogP) is 4.69. The summed E-state index contributed by atoms with van der Waals surface area (Å²) in [5.74, 6) is 0.218. The van der Waals surface area contributed by atoms with Crippen molar-refractivity contribution in [3.8, 4) is 5.75 Å². The van der Waals surface area contributed by atoms with Gasteiger partial charge in [-0.1, -0.05) is 25.1 Å². The van der Waals surface area contributed by atoms with E-state index < -0.39 is 12.1 Å². The number of benzene rings is 2. The lowest BCUT2D eigenvalue weighted by molar-refractivity contribution is -0.0137. The number of fused-ring (bicyclic) bond motifs is 1. The maximum Gasteiger partial charge on any atom is 0.323 e. The molecule has 3 amide bonds. The van der Waals surface area contributed by atoms with E-state index in [2.05, 4.69) is 22.5 Å². The van der Waals surface area contributed by atoms with Crippen LogP contribution in [0.25, 0.3) is 0 Å². The smallest absolute Gasteiger partial charge is 0.323 e. The van der Waals surface area contributed by atoms with Crippen molar-refractivity contribution in [2.24, 2.45) is 5.92 Å². The van der Waals surface area contributed by atoms with Crippen LogP contribution in [0.2, 0.25) is 0 Å². The Balaban J connectivity index is 1.93. The molecule has 0 saturated carbocycles. The third kappa shape index (κ3) is 9.23. The van der Waals surface area contributed by atoms with Gasteiger partial charge in [-0.15, -0.1) is 0 Å². The van der Waals surface area contributed by atoms with E-state index in [4.69, 9.17) is 9.47 Å². The number of urea groups is 1. The van der Waals surface area contributed by atoms with Crippen LogP contribution in [0, 0.1) is 5.92 Å². The zero-order chi connectivity index (χ0) is 28.4. The first-order valence-corrected chi connectivity index (χ1v) is 13.8. The van der Waals surface area contributed by atoms with Crippen molar-refractivity contribution >= 4 is 23.3 Å². The molecule has 2 aromatic carbocycles. The number of hydrogen-bond donors (Lipinski definition) is 3. The van der Waals surface area contributed by atoms with E-state index in [9.17, 15) is 14.7 Å². The van der Waals surface area contributed by atoms with Crippen molar-refractivity contribution in [3.63, 3.8) is 0 Å². The van der Waals surface area contributed by atoms with E-state index >= 15 is 0 Å². The normalized spacial score (nSPS) is 21.9. The van der Waals surface area contributed by atoms with Crippen LogP contribution in [-0.2, 0) is 4.74 Å². The van der Waals surface area contributed by atoms with Gasteiger partial charge in [0.2, 0.25) is 0 Å². The number of nitrogens with zero attached hydrogens (tertiary/aromatic N) is 2. The van der Waals surface area contributed by atoms with E-state index in [1.165, 1.54) is 0 Å². The average Bonchev–Trinajstić information content (AvgIpc) is 2.90. The van der Waals surface area contributed by atoms with Crippen molar-refractivity contribution in [2.45, 2.75) is 58.3 Å². The Morgan fingerprint density at radius 1 is 1.10 bits per heavy atom. The van der Waals surface area contributed by atoms with Gasteiger partial charge >= 0.3 is 6.03 Å². The van der Waals surface area contributed by atoms with E-state index in [0.29, 0.717) is 35.8 Å². The number of aliphatic hydroxyl groups excluding tert-OH is 1. The Morgan fingerprint density at radius 3 is 2.51 bits per heavy atom. The van der Waals surface area contributed by atoms with Crippen LogP contribution in [0.1, 0.15) is 50.4 Å². The number of rotatable bonds is 6. The highest BCUT2D eigenvalue weighted by Crippen LogP contribution is 2.28. The van der Waals surface area contributed by atoms with Crippen molar-refractivity contribution in [1.29, 1.82) is 0 Å². The second-order valence-corrected chi connectivity index (χ2v) is 10.7. The number of nitrogens with one attached hydrogen (secondary N) is 2. The molecular formula is C30H44N4O5. The minimum atomic E-state index is -0.420. The monoisotopic (exact) mass is 540 g/mol. The Morgan fingerprint density at radius 2 is 1.82 bits per heavy atom. The van der Waals surface area contributed by atoms with Crippen molar-refractivity contribution in [3.05, 3.63) is 54.1 Å². The van der Waals surface area contributed by atoms with Gasteiger partial charge in [0, 0.05) is 37.0 Å². The molecule has 1 aliphatic rings. The molecule has 2 aromatic rings. The minimum Gasteiger partial charge on any atom is -0.490 e. The number of amides is 3. The summed E-state index contributed by atoms with van der Waals surface area (Å²) >= 11 is 0. The van der Waals surface area contributed by atoms with Crippen LogP contribution in [0.5, 0.6) is 5.75 Å². The lowest BCUT2D eigenvalue weighted by Gasteiger charge is -2.35. The van der Waals surface area contributed by atoms with E-state index in [1.807, 2.05) is 46.1 Å². The SMILES string of the molecule is C[C@H](CO)N1C[C@H](C)[C@@H](CN(C)C)OCCCC[C@H](C)Oc2ccc(NC(=O)Nc3ccccc3)cc2C1=O. The standard InChI is InChI=1S/C30H44N4O5/c1-21-18-34(22(2)20-35)29(36)26-17-25(32-30(37)31-24-12-7-6-8-13-24)14-15-27(26)39-23(3)11-9-10-16-38-28(21)19-33(4)5/h6-8,12-15,17,21-23,28,35H,9-11,16,18-20H2,1-5H3,(H2,31,32,37)/t21-,22+,23-,28+/m0/s1. The fraction of sp³-hybridized carbons (Fsp3) is 0.533. The highest BCUT2D eigenvalue weighted by atomic mass is 16.5. The van der Waals surface area contributed by atoms with Gasteiger partial charge < -0.3 is 35.0 Å². The fourth-order valence-electron chi connectivity index (χ4n) is 4.64. The minimum absolute atomic E-state index is 0.0227. The molecule has 0 unspecified atom stereocenters. The Bertz CT molecular complexity index is 1060. The van der Waals surface area contributed by atoms with Gasteiger partial charge in [-0.3, -0.25) is 4.79 Å². The highest BCUT2D eigenvalue weighted by molar-refractivity contribution is 6.02. The number of carbonyl (C=O) groups excluding carboxylic acids is 2. The molecule has 1 heterocycles. The first-order chi connectivity index (χ1) is 18.7. The van der Waals surface area contributed by atoms with Crippen LogP contribution in [0.4, 0.5) is 16.2 Å². The first-order valence-electron chi connectivity index (χ1n) is 13.8. The summed E-state index contributed by atoms with van der Waals surface area (Å²) in [7, 11) is 4.02. The molecule has 3 N–H and O–H groups in total. The molecule has 9 heteroatoms. The zero-order valence-electron chi connectivity index (χ0n) is 23.9. The van der Waals surface area contributed by atoms with Gasteiger partial charge in [0.15, 0.2) is 0 Å². The molecule has 214 valence electrons. The predicted molar refractivity (Wildman–Crippen MR) is 155 cm³/mol. The van der Waals surface area contributed by atoms with Crippen molar-refractivity contribution in [2.75, 3.05) is 51.0 Å². The highest BCUT2D eigenvalue weighted by Gasteiger charge is 2.30. The summed E-state index contributed by atoms with van der Waals surface area (Å²) in [6.45, 7) is 7.50. The number of aliphatic hydroxyl groups is 1. The van der Waals surface area contributed by atoms with E-state index in [-0.39, 0.29) is 30.6 Å². The van der Waals surface area contributed by atoms with Crippen LogP contribution >= 0.6 is 0 Å². The van der Waals surface area contributed by atoms with Crippen LogP contribution in [-0.4, -0.2) is 85.5 Å². The van der Waals surface area contributed by atoms with Gasteiger partial charge in [0.1, 0.15) is 5.75 Å². The molecule has 0 bridgehead atoms. The Labute approximate surface area is 232 Å². The summed E-state index contributed by atoms with van der Waals surface area (Å²) in [5.41, 5.74) is 1.47. The van der Waals surface area contributed by atoms with Crippen molar-refractivity contribution in [1.82, 2.24) is 9.80 Å². The molecule has 9 nitrogen and oxygen atoms in total. The van der Waals surface area contributed by atoms with E-state index in [1.54, 1.807) is 35.2 Å². The third-order valence-corrected chi connectivity index (χ3v) is 6.89. The number of carbonyl (C=O) groups is 2. The molecule has 4 atom stereocenters. The molecule has 0 aliphatic carbocycles. The molecule has 0 spiro atoms. The van der Waals surface area contributed by atoms with Crippen LogP contribution < -0.4 is 15.4 Å². The number of anilines is 2. The number of hydrogen-bond acceptors (Lipinski definition) is 6. The quantitative estimate of drug-likeness (QED) is 0.491. The number of ether oxygens (including phenoxy) is 2. The summed E-state index contributed by atoms with van der Waals surface area (Å²) in [6, 6.07) is 13.4. The Hall–Kier alpha value is -3.14. The molecule has 0 fully saturated rings. The van der Waals surface area contributed by atoms with Gasteiger partial charge in [-0.2, -0.15) is 0 Å². The molecule has 1 aliphatic heterocycles. The molecular weight excluding hydrogens is 496 g/mol. The maximum absolute atomic E-state index is 14.1. The van der Waals surface area contributed by atoms with Gasteiger partial charge in [-0.25, -0.2) is 4.79 Å². The fourth-order valence-corrected chi connectivity index (χ4v) is 4.64. The largest absolute Gasteiger partial charge is 0.490 e. The molecule has 0 radical (unpaired) electrons. The number of likely N-dealkylation sites (N-methyl/N-ethyl adjacent to an activating group) is 1. The molecule has 3 rings (SSSR count). The summed E-state index contributed by atoms with van der Waals surface area (Å²) in [4.78, 5) is 30.5. The van der Waals surface area contributed by atoms with Crippen LogP contribution in [0.15, 0.2) is 48.5 Å². The average molecular weight is 541 g/mol. The van der Waals surface area contributed by atoms with Gasteiger partial charge in [0.25, 0.3) is 5.91 Å². The van der Waals surface area contributed by atoms with Crippen LogP contribution in [0.3, 0.4) is 0 Å². The van der Waals surface area contributed by atoms with Crippen molar-refractivity contribution < 1.29 is 24.2 Å². The Kier molecular flexibility index (Phi) is 11.6. The lowest BCUT2D eigenvalue weighted by Crippen LogP contribution is -2.47. The topological polar surface area (TPSA) is 103 Å². The second-order valence-electron chi connectivity index (χ2n) is 10.7. The zero-order valence-corrected chi connectivity index (χ0v) is 23.9. The number of para-hydroxylation sites is 1. The summed E-state index contributed by atoms with van der Waals surface area (Å²) < 4.78 is 12.5. The van der Waals surface area contributed by atoms with Gasteiger partial charge in [0.05, 0.1) is 30.4 Å². The molecule has 39 heavy (non-hydrogen) atoms. The first kappa shape index (κ1) is 30.4. The second kappa shape index (κ2) is 14.9. The molecule has 0 saturated heterocycles. The van der Waals surface area contributed by atoms with Gasteiger partial charge in [-0.05, 0) is 77.5 Å². The van der Waals surface area contributed by atoms with E-state index in [0.717, 1.165) is 25.8 Å². The summed E-state index contributed by atoms with van der Waals surface area (Å²) in [6.07, 6.45) is 2.51. The summed E-state index contributed by atoms with van der Waals surface area (Å²) in [5, 5.41) is 15.7. The maximum atomic E-state index is 14.1. The molecule has 0 aromatic heterocycles. The lowest BCUT2D eigenvalue weighted by atomic mass is 10.0. The third-order valence-electron chi connectivity index (χ3n) is 6.89.